The summed E-state index contributed by atoms with van der Waals surface area (Å²) in [6, 6.07) is 102. The molecule has 0 saturated carbocycles. The zero-order valence-corrected chi connectivity index (χ0v) is 48.3. The van der Waals surface area contributed by atoms with Gasteiger partial charge in [-0.3, -0.25) is 0 Å². The summed E-state index contributed by atoms with van der Waals surface area (Å²) in [7, 11) is 0. The minimum atomic E-state index is -0.447. The summed E-state index contributed by atoms with van der Waals surface area (Å²) in [5.74, 6) is 0. The molecule has 0 unspecified atom stereocenters. The van der Waals surface area contributed by atoms with Crippen LogP contribution in [-0.2, 0) is 21.7 Å². The molecule has 0 bridgehead atoms. The van der Waals surface area contributed by atoms with Crippen molar-refractivity contribution in [3.8, 4) is 61.3 Å². The Kier molecular flexibility index (Phi) is 10.1. The Morgan fingerprint density at radius 3 is 1.18 bits per heavy atom. The van der Waals surface area contributed by atoms with E-state index in [-0.39, 0.29) is 10.8 Å². The summed E-state index contributed by atoms with van der Waals surface area (Å²) in [6.45, 7) is 13.9. The molecule has 0 atom stereocenters. The van der Waals surface area contributed by atoms with Crippen molar-refractivity contribution in [2.45, 2.75) is 63.2 Å². The van der Waals surface area contributed by atoms with Crippen LogP contribution in [0.5, 0.6) is 0 Å². The van der Waals surface area contributed by atoms with E-state index in [9.17, 15) is 0 Å². The molecule has 0 saturated heterocycles. The fourth-order valence-corrected chi connectivity index (χ4v) is 15.8. The van der Waals surface area contributed by atoms with Crippen LogP contribution in [0.3, 0.4) is 0 Å². The maximum absolute atomic E-state index is 2.57. The molecule has 400 valence electrons. The van der Waals surface area contributed by atoms with Crippen molar-refractivity contribution in [1.29, 1.82) is 0 Å². The number of rotatable bonds is 5. The van der Waals surface area contributed by atoms with Gasteiger partial charge in [0.05, 0.1) is 27.6 Å². The first-order chi connectivity index (χ1) is 40.9. The van der Waals surface area contributed by atoms with Crippen molar-refractivity contribution >= 4 is 38.9 Å². The summed E-state index contributed by atoms with van der Waals surface area (Å²) in [5.41, 5.74) is 32.3. The van der Waals surface area contributed by atoms with Gasteiger partial charge in [0, 0.05) is 33.4 Å². The van der Waals surface area contributed by atoms with Crippen LogP contribution >= 0.6 is 0 Å². The lowest BCUT2D eigenvalue weighted by molar-refractivity contribution is 0.590. The SMILES string of the molecule is CC(C)(C)c1ccc(N(c2ccc(-c3ccc4c(c3)c3cc(C(C)(C)C)ccc3n4-c3cccc4c3-c3ccccc3C43c4ccccc4-c4ccccc43)cc2)c2ccc3c(c2)C2(c4ccccc4-c4ccccc42)c2ccccc2-3)cc1. The number of hydrogen-bond acceptors (Lipinski definition) is 1. The second kappa shape index (κ2) is 17.4. The monoisotopic (exact) mass is 1070 g/mol. The summed E-state index contributed by atoms with van der Waals surface area (Å²) in [5, 5.41) is 2.51. The first-order valence-electron chi connectivity index (χ1n) is 29.9. The summed E-state index contributed by atoms with van der Waals surface area (Å²) >= 11 is 0. The molecule has 2 nitrogen and oxygen atoms in total. The highest BCUT2D eigenvalue weighted by molar-refractivity contribution is 6.12. The highest BCUT2D eigenvalue weighted by atomic mass is 15.1. The molecule has 4 aliphatic rings. The van der Waals surface area contributed by atoms with Gasteiger partial charge in [0.1, 0.15) is 0 Å². The van der Waals surface area contributed by atoms with Gasteiger partial charge in [-0.2, -0.15) is 0 Å². The van der Waals surface area contributed by atoms with Crippen LogP contribution in [0.4, 0.5) is 17.1 Å². The first kappa shape index (κ1) is 48.9. The lowest BCUT2D eigenvalue weighted by Crippen LogP contribution is -2.26. The highest BCUT2D eigenvalue weighted by Crippen LogP contribution is 2.65. The number of hydrogen-bond donors (Lipinski definition) is 0. The zero-order chi connectivity index (χ0) is 56.4. The van der Waals surface area contributed by atoms with Gasteiger partial charge in [0.2, 0.25) is 0 Å². The second-order valence-corrected chi connectivity index (χ2v) is 25.9. The molecule has 84 heavy (non-hydrogen) atoms. The molecular formula is C82H62N2. The van der Waals surface area contributed by atoms with Crippen LogP contribution in [0.15, 0.2) is 267 Å². The third-order valence-corrected chi connectivity index (χ3v) is 19.6. The summed E-state index contributed by atoms with van der Waals surface area (Å²) < 4.78 is 2.57. The van der Waals surface area contributed by atoms with E-state index >= 15 is 0 Å². The van der Waals surface area contributed by atoms with Gasteiger partial charge in [-0.05, 0) is 183 Å². The smallest absolute Gasteiger partial charge is 0.0726 e. The predicted molar refractivity (Wildman–Crippen MR) is 351 cm³/mol. The average molecular weight is 1080 g/mol. The third-order valence-electron chi connectivity index (χ3n) is 19.6. The van der Waals surface area contributed by atoms with Crippen LogP contribution in [0.25, 0.3) is 83.1 Å². The molecular weight excluding hydrogens is 1010 g/mol. The number of fused-ring (bicyclic) bond motifs is 23. The summed E-state index contributed by atoms with van der Waals surface area (Å²) in [6.07, 6.45) is 0. The molecule has 0 aliphatic heterocycles. The molecule has 0 radical (unpaired) electrons. The maximum atomic E-state index is 2.57. The standard InChI is InChI=1S/C82H62N2/c1-79(2,3)53-37-42-56(43-38-53)83(57-44-45-63-62-24-11-17-30-71(62)82(74(63)50-57)69-28-15-9-22-60(69)61-23-10-16-29-70(61)82)55-40-34-51(35-41-55)52-36-46-75-65(48-52)66-49-54(80(4,5)6)39-47-76(66)84(75)77-33-19-32-73-78(77)64-25-12-18-31-72(64)81(73)67-26-13-7-20-58(67)59-21-8-14-27-68(59)81/h7-50H,1-6H3. The van der Waals surface area contributed by atoms with Crippen LogP contribution in [0, 0.1) is 0 Å². The van der Waals surface area contributed by atoms with E-state index in [0.717, 1.165) is 17.1 Å². The Balaban J connectivity index is 0.825. The average Bonchev–Trinajstić information content (AvgIpc) is 1.54. The molecule has 0 fully saturated rings. The van der Waals surface area contributed by atoms with E-state index in [1.165, 1.54) is 139 Å². The number of anilines is 3. The largest absolute Gasteiger partial charge is 0.310 e. The maximum Gasteiger partial charge on any atom is 0.0726 e. The lowest BCUT2D eigenvalue weighted by atomic mass is 9.70. The summed E-state index contributed by atoms with van der Waals surface area (Å²) in [4.78, 5) is 2.47. The first-order valence-corrected chi connectivity index (χ1v) is 29.9. The normalized spacial score (nSPS) is 14.3. The number of nitrogens with zero attached hydrogens (tertiary/aromatic N) is 2. The molecule has 0 N–H and O–H groups in total. The van der Waals surface area contributed by atoms with E-state index < -0.39 is 10.8 Å². The van der Waals surface area contributed by atoms with E-state index in [4.69, 9.17) is 0 Å². The quantitative estimate of drug-likeness (QED) is 0.167. The Morgan fingerprint density at radius 2 is 0.667 bits per heavy atom. The molecule has 2 heteroatoms. The van der Waals surface area contributed by atoms with E-state index in [1.54, 1.807) is 0 Å². The third kappa shape index (κ3) is 6.51. The van der Waals surface area contributed by atoms with E-state index in [1.807, 2.05) is 0 Å². The second-order valence-electron chi connectivity index (χ2n) is 25.9. The van der Waals surface area contributed by atoms with E-state index in [2.05, 4.69) is 318 Å². The molecule has 1 heterocycles. The Bertz CT molecular complexity index is 4810. The lowest BCUT2D eigenvalue weighted by Gasteiger charge is -2.32. The van der Waals surface area contributed by atoms with Crippen LogP contribution in [0.1, 0.15) is 97.2 Å². The van der Waals surface area contributed by atoms with Crippen molar-refractivity contribution in [3.05, 3.63) is 323 Å². The minimum absolute atomic E-state index is 0.0203. The van der Waals surface area contributed by atoms with Crippen molar-refractivity contribution < 1.29 is 0 Å². The topological polar surface area (TPSA) is 8.17 Å². The van der Waals surface area contributed by atoms with Gasteiger partial charge in [0.25, 0.3) is 0 Å². The molecule has 4 aliphatic carbocycles. The fourth-order valence-electron chi connectivity index (χ4n) is 15.8. The molecule has 2 spiro atoms. The predicted octanol–water partition coefficient (Wildman–Crippen LogP) is 21.2. The van der Waals surface area contributed by atoms with Crippen molar-refractivity contribution in [2.75, 3.05) is 4.90 Å². The van der Waals surface area contributed by atoms with Crippen LogP contribution < -0.4 is 4.90 Å². The molecule has 17 rings (SSSR count). The van der Waals surface area contributed by atoms with Gasteiger partial charge >= 0.3 is 0 Å². The molecule has 1 aromatic heterocycles. The fraction of sp³-hybridized carbons (Fsp3) is 0.122. The van der Waals surface area contributed by atoms with E-state index in [0.29, 0.717) is 0 Å². The highest BCUT2D eigenvalue weighted by Gasteiger charge is 2.53. The Morgan fingerprint density at radius 1 is 0.286 bits per heavy atom. The molecule has 0 amide bonds. The molecule has 13 aromatic rings. The number of benzene rings is 12. The zero-order valence-electron chi connectivity index (χ0n) is 48.3. The van der Waals surface area contributed by atoms with Crippen molar-refractivity contribution in [3.63, 3.8) is 0 Å². The Labute approximate surface area is 492 Å². The van der Waals surface area contributed by atoms with Gasteiger partial charge in [0.15, 0.2) is 0 Å². The Hall–Kier alpha value is -9.76. The van der Waals surface area contributed by atoms with Crippen LogP contribution in [0.2, 0.25) is 0 Å². The number of aromatic nitrogens is 1. The van der Waals surface area contributed by atoms with Crippen LogP contribution in [-0.4, -0.2) is 4.57 Å². The van der Waals surface area contributed by atoms with Gasteiger partial charge < -0.3 is 9.47 Å². The van der Waals surface area contributed by atoms with Gasteiger partial charge in [-0.15, -0.1) is 0 Å². The van der Waals surface area contributed by atoms with Crippen molar-refractivity contribution in [2.24, 2.45) is 0 Å². The molecule has 12 aromatic carbocycles. The minimum Gasteiger partial charge on any atom is -0.310 e. The van der Waals surface area contributed by atoms with Gasteiger partial charge in [-0.1, -0.05) is 242 Å². The van der Waals surface area contributed by atoms with Crippen molar-refractivity contribution in [1.82, 2.24) is 4.57 Å². The van der Waals surface area contributed by atoms with Gasteiger partial charge in [-0.25, -0.2) is 0 Å².